The zero-order chi connectivity index (χ0) is 24.9. The number of carbonyl (C=O) groups is 2. The fraction of sp³-hybridized carbons (Fsp3) is 0.556. The molecule has 1 atom stereocenters. The van der Waals surface area contributed by atoms with Gasteiger partial charge in [0.2, 0.25) is 5.91 Å². The number of likely N-dealkylation sites (tertiary alicyclic amines) is 2. The number of nitrogens with zero attached hydrogens (tertiary/aromatic N) is 5. The Kier molecular flexibility index (Phi) is 7.77. The van der Waals surface area contributed by atoms with Crippen LogP contribution in [-0.4, -0.2) is 94.4 Å². The summed E-state index contributed by atoms with van der Waals surface area (Å²) in [7, 11) is 0. The van der Waals surface area contributed by atoms with E-state index < -0.39 is 0 Å². The number of hydrogen-bond acceptors (Lipinski definition) is 7. The molecule has 1 unspecified atom stereocenters. The lowest BCUT2D eigenvalue weighted by molar-refractivity contribution is -0.129. The molecule has 36 heavy (non-hydrogen) atoms. The quantitative estimate of drug-likeness (QED) is 0.581. The minimum absolute atomic E-state index is 0.121. The Balaban J connectivity index is 1.14. The van der Waals surface area contributed by atoms with Crippen molar-refractivity contribution in [2.45, 2.75) is 51.2 Å². The van der Waals surface area contributed by atoms with E-state index in [0.29, 0.717) is 24.1 Å². The Hall–Kier alpha value is -3.04. The van der Waals surface area contributed by atoms with Crippen molar-refractivity contribution in [2.24, 2.45) is 0 Å². The molecule has 0 spiro atoms. The van der Waals surface area contributed by atoms with Crippen LogP contribution in [0.3, 0.4) is 0 Å². The molecule has 4 heterocycles. The lowest BCUT2D eigenvalue weighted by Crippen LogP contribution is -2.55. The van der Waals surface area contributed by atoms with E-state index in [1.807, 2.05) is 4.90 Å². The monoisotopic (exact) mass is 491 g/mol. The number of fused-ring (bicyclic) bond motifs is 1. The third kappa shape index (κ3) is 6.02. The molecule has 9 nitrogen and oxygen atoms in total. The van der Waals surface area contributed by atoms with E-state index in [1.165, 1.54) is 23.9 Å². The van der Waals surface area contributed by atoms with Crippen LogP contribution in [0.4, 0.5) is 5.82 Å². The summed E-state index contributed by atoms with van der Waals surface area (Å²) in [6.07, 6.45) is 5.48. The van der Waals surface area contributed by atoms with Crippen LogP contribution in [0.2, 0.25) is 0 Å². The molecular formula is C27H37N7O2. The lowest BCUT2D eigenvalue weighted by atomic mass is 9.99. The van der Waals surface area contributed by atoms with Crippen LogP contribution in [-0.2, 0) is 17.8 Å². The second-order valence-corrected chi connectivity index (χ2v) is 10.2. The molecule has 0 bridgehead atoms. The molecule has 2 saturated heterocycles. The third-order valence-electron chi connectivity index (χ3n) is 7.78. The van der Waals surface area contributed by atoms with Gasteiger partial charge in [0.1, 0.15) is 17.8 Å². The summed E-state index contributed by atoms with van der Waals surface area (Å²) in [5.74, 6) is 0.611. The van der Waals surface area contributed by atoms with Crippen molar-refractivity contribution in [3.8, 4) is 0 Å². The van der Waals surface area contributed by atoms with Gasteiger partial charge in [-0.3, -0.25) is 19.4 Å². The van der Waals surface area contributed by atoms with E-state index in [1.54, 1.807) is 13.0 Å². The number of piperidine rings is 1. The molecule has 2 N–H and O–H groups in total. The molecule has 2 amide bonds. The van der Waals surface area contributed by atoms with E-state index >= 15 is 0 Å². The predicted octanol–water partition coefficient (Wildman–Crippen LogP) is 1.76. The number of rotatable bonds is 8. The second kappa shape index (κ2) is 11.3. The van der Waals surface area contributed by atoms with Gasteiger partial charge in [0, 0.05) is 64.3 Å². The average Bonchev–Trinajstić information content (AvgIpc) is 2.86. The SMILES string of the molecule is CC(=O)N1CCC(Nc2cc(C(=O)NCC(CN3CCc4ccccc4C3)N3CCC3)ncn2)CC1. The minimum atomic E-state index is -0.165. The third-order valence-corrected chi connectivity index (χ3v) is 7.78. The number of nitrogens with one attached hydrogen (secondary N) is 2. The maximum atomic E-state index is 13.0. The molecule has 0 radical (unpaired) electrons. The maximum Gasteiger partial charge on any atom is 0.270 e. The molecule has 3 aliphatic heterocycles. The minimum Gasteiger partial charge on any atom is -0.367 e. The molecule has 3 aliphatic rings. The van der Waals surface area contributed by atoms with E-state index in [2.05, 4.69) is 54.7 Å². The maximum absolute atomic E-state index is 13.0. The normalized spacial score (nSPS) is 19.8. The average molecular weight is 492 g/mol. The van der Waals surface area contributed by atoms with Crippen molar-refractivity contribution in [1.82, 2.24) is 30.0 Å². The van der Waals surface area contributed by atoms with Gasteiger partial charge in [-0.15, -0.1) is 0 Å². The van der Waals surface area contributed by atoms with Crippen molar-refractivity contribution in [2.75, 3.05) is 51.1 Å². The van der Waals surface area contributed by atoms with Gasteiger partial charge in [-0.05, 0) is 49.9 Å². The smallest absolute Gasteiger partial charge is 0.270 e. The zero-order valence-electron chi connectivity index (χ0n) is 21.2. The van der Waals surface area contributed by atoms with E-state index in [-0.39, 0.29) is 17.9 Å². The number of carbonyl (C=O) groups excluding carboxylic acids is 2. The number of benzene rings is 1. The largest absolute Gasteiger partial charge is 0.367 e. The Morgan fingerprint density at radius 3 is 2.56 bits per heavy atom. The fourth-order valence-corrected chi connectivity index (χ4v) is 5.43. The van der Waals surface area contributed by atoms with Crippen molar-refractivity contribution >= 4 is 17.6 Å². The molecule has 2 fully saturated rings. The lowest BCUT2D eigenvalue weighted by Gasteiger charge is -2.41. The van der Waals surface area contributed by atoms with Crippen LogP contribution < -0.4 is 10.6 Å². The number of hydrogen-bond donors (Lipinski definition) is 2. The molecular weight excluding hydrogens is 454 g/mol. The first kappa shape index (κ1) is 24.6. The molecule has 5 rings (SSSR count). The molecule has 0 aliphatic carbocycles. The number of anilines is 1. The predicted molar refractivity (Wildman–Crippen MR) is 139 cm³/mol. The first-order chi connectivity index (χ1) is 17.5. The van der Waals surface area contributed by atoms with Gasteiger partial charge in [0.15, 0.2) is 0 Å². The van der Waals surface area contributed by atoms with Crippen LogP contribution in [0, 0.1) is 0 Å². The summed E-state index contributed by atoms with van der Waals surface area (Å²) in [5, 5.41) is 6.55. The Labute approximate surface area is 213 Å². The van der Waals surface area contributed by atoms with Crippen LogP contribution >= 0.6 is 0 Å². The van der Waals surface area contributed by atoms with Gasteiger partial charge in [0.25, 0.3) is 5.91 Å². The standard InChI is InChI=1S/C27H37N7O2/c1-20(35)33-13-8-23(9-14-33)31-26-15-25(29-19-30-26)27(36)28-16-24(34-10-4-11-34)18-32-12-7-21-5-2-3-6-22(21)17-32/h2-3,5-6,15,19,23-24H,4,7-14,16-18H2,1H3,(H,28,36)(H,29,30,31). The van der Waals surface area contributed by atoms with Crippen LogP contribution in [0.25, 0.3) is 0 Å². The molecule has 9 heteroatoms. The van der Waals surface area contributed by atoms with Crippen LogP contribution in [0.5, 0.6) is 0 Å². The highest BCUT2D eigenvalue weighted by molar-refractivity contribution is 5.92. The summed E-state index contributed by atoms with van der Waals surface area (Å²) in [4.78, 5) is 39.9. The first-order valence-corrected chi connectivity index (χ1v) is 13.2. The number of aromatic nitrogens is 2. The van der Waals surface area contributed by atoms with Gasteiger partial charge >= 0.3 is 0 Å². The van der Waals surface area contributed by atoms with Crippen LogP contribution in [0.15, 0.2) is 36.7 Å². The highest BCUT2D eigenvalue weighted by Gasteiger charge is 2.28. The summed E-state index contributed by atoms with van der Waals surface area (Å²) in [6.45, 7) is 8.86. The van der Waals surface area contributed by atoms with Gasteiger partial charge in [-0.1, -0.05) is 24.3 Å². The Bertz CT molecular complexity index is 1070. The number of amides is 2. The first-order valence-electron chi connectivity index (χ1n) is 13.2. The van der Waals surface area contributed by atoms with Crippen molar-refractivity contribution in [3.05, 3.63) is 53.5 Å². The molecule has 0 saturated carbocycles. The molecule has 1 aromatic heterocycles. The highest BCUT2D eigenvalue weighted by Crippen LogP contribution is 2.21. The highest BCUT2D eigenvalue weighted by atomic mass is 16.2. The molecule has 1 aromatic carbocycles. The van der Waals surface area contributed by atoms with Gasteiger partial charge < -0.3 is 15.5 Å². The van der Waals surface area contributed by atoms with E-state index in [9.17, 15) is 9.59 Å². The van der Waals surface area contributed by atoms with Gasteiger partial charge in [0.05, 0.1) is 0 Å². The van der Waals surface area contributed by atoms with Crippen molar-refractivity contribution < 1.29 is 9.59 Å². The molecule has 2 aromatic rings. The van der Waals surface area contributed by atoms with E-state index in [4.69, 9.17) is 0 Å². The summed E-state index contributed by atoms with van der Waals surface area (Å²) < 4.78 is 0. The summed E-state index contributed by atoms with van der Waals surface area (Å²) in [6, 6.07) is 11.0. The van der Waals surface area contributed by atoms with Crippen molar-refractivity contribution in [1.29, 1.82) is 0 Å². The second-order valence-electron chi connectivity index (χ2n) is 10.2. The van der Waals surface area contributed by atoms with Gasteiger partial charge in [-0.2, -0.15) is 0 Å². The topological polar surface area (TPSA) is 93.7 Å². The fourth-order valence-electron chi connectivity index (χ4n) is 5.43. The van der Waals surface area contributed by atoms with Gasteiger partial charge in [-0.25, -0.2) is 9.97 Å². The van der Waals surface area contributed by atoms with E-state index in [0.717, 1.165) is 65.1 Å². The van der Waals surface area contributed by atoms with Crippen molar-refractivity contribution in [3.63, 3.8) is 0 Å². The summed E-state index contributed by atoms with van der Waals surface area (Å²) >= 11 is 0. The van der Waals surface area contributed by atoms with Crippen LogP contribution in [0.1, 0.15) is 47.8 Å². The zero-order valence-corrected chi connectivity index (χ0v) is 21.2. The summed E-state index contributed by atoms with van der Waals surface area (Å²) in [5.41, 5.74) is 3.26. The Morgan fingerprint density at radius 2 is 1.83 bits per heavy atom. The molecule has 192 valence electrons. The Morgan fingerprint density at radius 1 is 1.06 bits per heavy atom.